The fourth-order valence-corrected chi connectivity index (χ4v) is 4.97. The lowest BCUT2D eigenvalue weighted by atomic mass is 10.0. The first kappa shape index (κ1) is 28.9. The molecule has 1 fully saturated rings. The van der Waals surface area contributed by atoms with Crippen molar-refractivity contribution >= 4 is 29.1 Å². The number of benzene rings is 2. The van der Waals surface area contributed by atoms with E-state index in [0.717, 1.165) is 16.7 Å². The lowest BCUT2D eigenvalue weighted by Crippen LogP contribution is -2.48. The van der Waals surface area contributed by atoms with Crippen LogP contribution in [0.5, 0.6) is 0 Å². The van der Waals surface area contributed by atoms with Crippen LogP contribution in [0, 0.1) is 33.3 Å². The second kappa shape index (κ2) is 13.3. The third-order valence-corrected chi connectivity index (χ3v) is 6.92. The van der Waals surface area contributed by atoms with Gasteiger partial charge in [-0.25, -0.2) is 9.69 Å². The van der Waals surface area contributed by atoms with Gasteiger partial charge in [-0.2, -0.15) is 10.4 Å². The maximum atomic E-state index is 13.5. The summed E-state index contributed by atoms with van der Waals surface area (Å²) in [6.45, 7) is 2.75. The highest BCUT2D eigenvalue weighted by atomic mass is 35.5. The molecule has 40 heavy (non-hydrogen) atoms. The van der Waals surface area contributed by atoms with Crippen molar-refractivity contribution in [3.05, 3.63) is 79.4 Å². The van der Waals surface area contributed by atoms with Gasteiger partial charge in [0.2, 0.25) is 0 Å². The van der Waals surface area contributed by atoms with Crippen LogP contribution in [0.15, 0.2) is 42.5 Å². The van der Waals surface area contributed by atoms with E-state index in [2.05, 4.69) is 28.2 Å². The number of carbonyl (C=O) groups excluding carboxylic acids is 1. The molecule has 0 unspecified atom stereocenters. The number of carbonyl (C=O) groups is 1. The van der Waals surface area contributed by atoms with Gasteiger partial charge < -0.3 is 4.84 Å². The van der Waals surface area contributed by atoms with Crippen molar-refractivity contribution in [2.75, 3.05) is 13.1 Å². The average Bonchev–Trinajstić information content (AvgIpc) is 3.32. The highest BCUT2D eigenvalue weighted by Gasteiger charge is 2.28. The van der Waals surface area contributed by atoms with Crippen molar-refractivity contribution in [1.29, 1.82) is 5.26 Å². The molecule has 0 saturated carbocycles. The Kier molecular flexibility index (Phi) is 9.62. The minimum Gasteiger partial charge on any atom is -0.310 e. The minimum atomic E-state index is -0.781. The van der Waals surface area contributed by atoms with Crippen LogP contribution in [-0.4, -0.2) is 45.0 Å². The number of hydrogen-bond donors (Lipinski definition) is 1. The Hall–Kier alpha value is -4.09. The van der Waals surface area contributed by atoms with Gasteiger partial charge in [0.1, 0.15) is 6.10 Å². The first-order chi connectivity index (χ1) is 19.3. The van der Waals surface area contributed by atoms with E-state index in [-0.39, 0.29) is 5.69 Å². The van der Waals surface area contributed by atoms with Crippen molar-refractivity contribution in [1.82, 2.24) is 20.2 Å². The van der Waals surface area contributed by atoms with Gasteiger partial charge in [-0.3, -0.25) is 10.2 Å². The second-order valence-electron chi connectivity index (χ2n) is 9.03. The van der Waals surface area contributed by atoms with E-state index in [1.54, 1.807) is 27.9 Å². The lowest BCUT2D eigenvalue weighted by Gasteiger charge is -2.30. The summed E-state index contributed by atoms with van der Waals surface area (Å²) in [5.74, 6) is 5.65. The van der Waals surface area contributed by atoms with Crippen LogP contribution in [0.2, 0.25) is 10.0 Å². The van der Waals surface area contributed by atoms with Crippen molar-refractivity contribution < 1.29 is 14.7 Å². The zero-order chi connectivity index (χ0) is 28.6. The standard InChI is InChI=1S/C28H26Cl2N6O4/c1-2-23-26(28(37)33-34-16-13-22(14-17-34)40-36(38)39)32-35(25-12-11-21(29)18-24(25)30)27(23)20-9-7-19(8-10-20)6-4-3-5-15-31/h7-12,18,22H,2-3,5,13-14,16-17H2,1H3,(H,33,37). The van der Waals surface area contributed by atoms with E-state index in [4.69, 9.17) is 33.6 Å². The van der Waals surface area contributed by atoms with Crippen molar-refractivity contribution in [2.45, 2.75) is 45.1 Å². The van der Waals surface area contributed by atoms with Gasteiger partial charge in [0, 0.05) is 47.6 Å². The predicted octanol–water partition coefficient (Wildman–Crippen LogP) is 5.38. The molecular formula is C28H26Cl2N6O4. The summed E-state index contributed by atoms with van der Waals surface area (Å²) >= 11 is 12.7. The highest BCUT2D eigenvalue weighted by Crippen LogP contribution is 2.33. The number of piperidine rings is 1. The third-order valence-electron chi connectivity index (χ3n) is 6.38. The fourth-order valence-electron chi connectivity index (χ4n) is 4.48. The van der Waals surface area contributed by atoms with Gasteiger partial charge in [0.05, 0.1) is 22.5 Å². The van der Waals surface area contributed by atoms with Crippen molar-refractivity contribution in [3.8, 4) is 34.9 Å². The van der Waals surface area contributed by atoms with E-state index in [1.807, 2.05) is 31.2 Å². The maximum Gasteiger partial charge on any atom is 0.294 e. The molecule has 0 radical (unpaired) electrons. The highest BCUT2D eigenvalue weighted by molar-refractivity contribution is 6.35. The Labute approximate surface area is 241 Å². The molecule has 4 rings (SSSR count). The predicted molar refractivity (Wildman–Crippen MR) is 150 cm³/mol. The molecule has 2 heterocycles. The topological polar surface area (TPSA) is 126 Å². The molecule has 0 aliphatic carbocycles. The smallest absolute Gasteiger partial charge is 0.294 e. The lowest BCUT2D eigenvalue weighted by molar-refractivity contribution is -0.769. The Morgan fingerprint density at radius 3 is 2.55 bits per heavy atom. The molecule has 1 aliphatic heterocycles. The quantitative estimate of drug-likeness (QED) is 0.164. The monoisotopic (exact) mass is 580 g/mol. The summed E-state index contributed by atoms with van der Waals surface area (Å²) in [4.78, 5) is 28.8. The van der Waals surface area contributed by atoms with Crippen LogP contribution in [0.1, 0.15) is 54.2 Å². The molecule has 0 atom stereocenters. The minimum absolute atomic E-state index is 0.243. The van der Waals surface area contributed by atoms with Gasteiger partial charge in [-0.15, -0.1) is 10.1 Å². The largest absolute Gasteiger partial charge is 0.310 e. The van der Waals surface area contributed by atoms with Gasteiger partial charge in [-0.1, -0.05) is 54.1 Å². The summed E-state index contributed by atoms with van der Waals surface area (Å²) in [5.41, 5.74) is 6.75. The molecular weight excluding hydrogens is 555 g/mol. The molecule has 1 aliphatic rings. The number of aromatic nitrogens is 2. The summed E-state index contributed by atoms with van der Waals surface area (Å²) in [6, 6.07) is 14.7. The number of hydrogen-bond acceptors (Lipinski definition) is 7. The van der Waals surface area contributed by atoms with Crippen LogP contribution in [0.4, 0.5) is 0 Å². The fraction of sp³-hybridized carbons (Fsp3) is 0.321. The Balaban J connectivity index is 1.68. The van der Waals surface area contributed by atoms with E-state index >= 15 is 0 Å². The Bertz CT molecular complexity index is 1500. The molecule has 0 spiro atoms. The Morgan fingerprint density at radius 1 is 1.20 bits per heavy atom. The van der Waals surface area contributed by atoms with Crippen molar-refractivity contribution in [2.24, 2.45) is 0 Å². The maximum absolute atomic E-state index is 13.5. The van der Waals surface area contributed by atoms with Crippen LogP contribution in [0.25, 0.3) is 16.9 Å². The molecule has 3 aromatic rings. The van der Waals surface area contributed by atoms with E-state index < -0.39 is 17.1 Å². The van der Waals surface area contributed by atoms with Crippen LogP contribution in [-0.2, 0) is 11.3 Å². The normalized spacial score (nSPS) is 13.7. The summed E-state index contributed by atoms with van der Waals surface area (Å²) in [5, 5.41) is 25.8. The number of nitriles is 1. The number of halogens is 2. The number of nitrogens with zero attached hydrogens (tertiary/aromatic N) is 5. The number of rotatable bonds is 8. The Morgan fingerprint density at radius 2 is 1.93 bits per heavy atom. The number of amides is 1. The molecule has 1 aromatic heterocycles. The van der Waals surface area contributed by atoms with Gasteiger partial charge in [-0.05, 0) is 49.6 Å². The molecule has 1 saturated heterocycles. The first-order valence-corrected chi connectivity index (χ1v) is 13.5. The summed E-state index contributed by atoms with van der Waals surface area (Å²) < 4.78 is 1.65. The third kappa shape index (κ3) is 6.91. The number of unbranched alkanes of at least 4 members (excludes halogenated alkanes) is 1. The molecule has 206 valence electrons. The number of nitrogens with one attached hydrogen (secondary N) is 1. The molecule has 1 N–H and O–H groups in total. The first-order valence-electron chi connectivity index (χ1n) is 12.7. The number of hydrazine groups is 1. The van der Waals surface area contributed by atoms with Crippen LogP contribution in [0.3, 0.4) is 0 Å². The second-order valence-corrected chi connectivity index (χ2v) is 9.87. The van der Waals surface area contributed by atoms with Gasteiger partial charge >= 0.3 is 0 Å². The molecule has 1 amide bonds. The van der Waals surface area contributed by atoms with Crippen LogP contribution < -0.4 is 5.43 Å². The average molecular weight is 581 g/mol. The van der Waals surface area contributed by atoms with Gasteiger partial charge in [0.15, 0.2) is 5.69 Å². The van der Waals surface area contributed by atoms with E-state index in [0.29, 0.717) is 66.6 Å². The molecule has 0 bridgehead atoms. The van der Waals surface area contributed by atoms with E-state index in [1.165, 1.54) is 0 Å². The van der Waals surface area contributed by atoms with Crippen LogP contribution >= 0.6 is 23.2 Å². The van der Waals surface area contributed by atoms with E-state index in [9.17, 15) is 14.9 Å². The summed E-state index contributed by atoms with van der Waals surface area (Å²) in [6.07, 6.45) is 1.71. The molecule has 10 nitrogen and oxygen atoms in total. The van der Waals surface area contributed by atoms with Gasteiger partial charge in [0.25, 0.3) is 11.0 Å². The zero-order valence-electron chi connectivity index (χ0n) is 21.7. The van der Waals surface area contributed by atoms with Crippen molar-refractivity contribution in [3.63, 3.8) is 0 Å². The SMILES string of the molecule is CCc1c(C(=O)NN2CCC(O[N+](=O)[O-])CC2)nn(-c2ccc(Cl)cc2Cl)c1-c1ccc(C#CCCC#N)cc1. The molecule has 2 aromatic carbocycles. The summed E-state index contributed by atoms with van der Waals surface area (Å²) in [7, 11) is 0. The molecule has 12 heteroatoms. The zero-order valence-corrected chi connectivity index (χ0v) is 23.2.